The summed E-state index contributed by atoms with van der Waals surface area (Å²) in [6.07, 6.45) is 1.06. The third-order valence-corrected chi connectivity index (χ3v) is 5.25. The van der Waals surface area contributed by atoms with Crippen LogP contribution in [0, 0.1) is 0 Å². The smallest absolute Gasteiger partial charge is 0.00990 e. The van der Waals surface area contributed by atoms with Crippen LogP contribution in [0.5, 0.6) is 0 Å². The highest BCUT2D eigenvalue weighted by molar-refractivity contribution is 5.73. The second-order valence-electron chi connectivity index (χ2n) is 6.87. The molecule has 0 N–H and O–H groups in total. The summed E-state index contributed by atoms with van der Waals surface area (Å²) in [5, 5.41) is 0. The average Bonchev–Trinajstić information content (AvgIpc) is 2.76. The molecule has 132 valence electrons. The first-order valence-electron chi connectivity index (χ1n) is 9.67. The van der Waals surface area contributed by atoms with Gasteiger partial charge in [-0.05, 0) is 39.8 Å². The van der Waals surface area contributed by atoms with Crippen LogP contribution < -0.4 is 0 Å². The summed E-state index contributed by atoms with van der Waals surface area (Å²) in [5.41, 5.74) is 8.01. The lowest BCUT2D eigenvalue weighted by Gasteiger charge is -2.23. The van der Waals surface area contributed by atoms with Crippen molar-refractivity contribution in [1.82, 2.24) is 0 Å². The molecule has 0 aliphatic heterocycles. The molecule has 4 rings (SSSR count). The molecule has 0 amide bonds. The second-order valence-corrected chi connectivity index (χ2v) is 6.87. The maximum Gasteiger partial charge on any atom is 0.00990 e. The Kier molecular flexibility index (Phi) is 5.16. The van der Waals surface area contributed by atoms with Crippen LogP contribution in [0.1, 0.15) is 30.4 Å². The SMILES string of the molecule is CCC(c1ccccc1-c1ccccc1)c1ccccc1-c1ccccc1. The van der Waals surface area contributed by atoms with E-state index in [1.807, 2.05) is 0 Å². The minimum absolute atomic E-state index is 0.359. The summed E-state index contributed by atoms with van der Waals surface area (Å²) in [6, 6.07) is 39.1. The first-order chi connectivity index (χ1) is 13.4. The Balaban J connectivity index is 1.86. The summed E-state index contributed by atoms with van der Waals surface area (Å²) >= 11 is 0. The van der Waals surface area contributed by atoms with Crippen LogP contribution in [0.15, 0.2) is 109 Å². The van der Waals surface area contributed by atoms with E-state index in [0.29, 0.717) is 5.92 Å². The zero-order valence-corrected chi connectivity index (χ0v) is 15.7. The molecule has 0 nitrogen and oxygen atoms in total. The summed E-state index contributed by atoms with van der Waals surface area (Å²) in [7, 11) is 0. The molecule has 0 bridgehead atoms. The molecule has 0 unspecified atom stereocenters. The van der Waals surface area contributed by atoms with Crippen molar-refractivity contribution >= 4 is 0 Å². The van der Waals surface area contributed by atoms with Gasteiger partial charge in [0.05, 0.1) is 0 Å². The predicted octanol–water partition coefficient (Wildman–Crippen LogP) is 7.56. The Morgan fingerprint density at radius 2 is 0.852 bits per heavy atom. The summed E-state index contributed by atoms with van der Waals surface area (Å²) < 4.78 is 0. The molecular weight excluding hydrogens is 324 g/mol. The van der Waals surface area contributed by atoms with E-state index in [1.165, 1.54) is 33.4 Å². The maximum absolute atomic E-state index is 2.29. The molecule has 27 heavy (non-hydrogen) atoms. The van der Waals surface area contributed by atoms with Crippen molar-refractivity contribution in [2.75, 3.05) is 0 Å². The van der Waals surface area contributed by atoms with E-state index in [4.69, 9.17) is 0 Å². The number of rotatable bonds is 5. The molecule has 0 saturated heterocycles. The van der Waals surface area contributed by atoms with Gasteiger partial charge in [0.15, 0.2) is 0 Å². The minimum Gasteiger partial charge on any atom is -0.0645 e. The fraction of sp³-hybridized carbons (Fsp3) is 0.111. The molecular formula is C27H24. The lowest BCUT2D eigenvalue weighted by Crippen LogP contribution is -2.04. The monoisotopic (exact) mass is 348 g/mol. The van der Waals surface area contributed by atoms with Gasteiger partial charge >= 0.3 is 0 Å². The molecule has 0 spiro atoms. The third kappa shape index (κ3) is 3.57. The third-order valence-electron chi connectivity index (χ3n) is 5.25. The van der Waals surface area contributed by atoms with Crippen LogP contribution >= 0.6 is 0 Å². The van der Waals surface area contributed by atoms with Gasteiger partial charge in [0.25, 0.3) is 0 Å². The standard InChI is InChI=1S/C27H24/c1-2-23(26-19-11-9-17-24(26)21-13-5-3-6-14-21)27-20-12-10-18-25(27)22-15-7-4-8-16-22/h3-20,23H,2H2,1H3. The van der Waals surface area contributed by atoms with Gasteiger partial charge in [0.2, 0.25) is 0 Å². The molecule has 0 atom stereocenters. The van der Waals surface area contributed by atoms with Crippen molar-refractivity contribution in [1.29, 1.82) is 0 Å². The highest BCUT2D eigenvalue weighted by Crippen LogP contribution is 2.39. The van der Waals surface area contributed by atoms with E-state index in [0.717, 1.165) is 6.42 Å². The molecule has 4 aromatic carbocycles. The molecule has 0 heterocycles. The molecule has 0 aromatic heterocycles. The quantitative estimate of drug-likeness (QED) is 0.349. The first kappa shape index (κ1) is 17.3. The molecule has 0 heteroatoms. The van der Waals surface area contributed by atoms with Gasteiger partial charge in [-0.1, -0.05) is 116 Å². The second kappa shape index (κ2) is 8.05. The van der Waals surface area contributed by atoms with E-state index in [1.54, 1.807) is 0 Å². The molecule has 4 aromatic rings. The highest BCUT2D eigenvalue weighted by Gasteiger charge is 2.19. The molecule has 0 aliphatic rings. The predicted molar refractivity (Wildman–Crippen MR) is 116 cm³/mol. The van der Waals surface area contributed by atoms with Crippen LogP contribution in [0.25, 0.3) is 22.3 Å². The van der Waals surface area contributed by atoms with Gasteiger partial charge in [0.1, 0.15) is 0 Å². The van der Waals surface area contributed by atoms with Gasteiger partial charge in [-0.15, -0.1) is 0 Å². The van der Waals surface area contributed by atoms with Crippen LogP contribution in [0.2, 0.25) is 0 Å². The molecule has 0 radical (unpaired) electrons. The zero-order valence-electron chi connectivity index (χ0n) is 15.7. The largest absolute Gasteiger partial charge is 0.0645 e. The average molecular weight is 348 g/mol. The van der Waals surface area contributed by atoms with Crippen LogP contribution in [-0.2, 0) is 0 Å². The van der Waals surface area contributed by atoms with Crippen molar-refractivity contribution in [2.45, 2.75) is 19.3 Å². The van der Waals surface area contributed by atoms with Crippen molar-refractivity contribution in [2.24, 2.45) is 0 Å². The first-order valence-corrected chi connectivity index (χ1v) is 9.67. The van der Waals surface area contributed by atoms with Crippen molar-refractivity contribution in [3.8, 4) is 22.3 Å². The Morgan fingerprint density at radius 3 is 1.26 bits per heavy atom. The topological polar surface area (TPSA) is 0 Å². The molecule has 0 fully saturated rings. The van der Waals surface area contributed by atoms with E-state index in [-0.39, 0.29) is 0 Å². The fourth-order valence-corrected chi connectivity index (χ4v) is 3.97. The van der Waals surface area contributed by atoms with Crippen molar-refractivity contribution in [3.63, 3.8) is 0 Å². The van der Waals surface area contributed by atoms with E-state index >= 15 is 0 Å². The maximum atomic E-state index is 2.29. The fourth-order valence-electron chi connectivity index (χ4n) is 3.97. The molecule has 0 aliphatic carbocycles. The lowest BCUT2D eigenvalue weighted by molar-refractivity contribution is 0.781. The highest BCUT2D eigenvalue weighted by atomic mass is 14.2. The van der Waals surface area contributed by atoms with Gasteiger partial charge in [0, 0.05) is 5.92 Å². The van der Waals surface area contributed by atoms with E-state index < -0.39 is 0 Å². The van der Waals surface area contributed by atoms with Crippen LogP contribution in [0.4, 0.5) is 0 Å². The minimum atomic E-state index is 0.359. The Labute approximate surface area is 162 Å². The van der Waals surface area contributed by atoms with E-state index in [9.17, 15) is 0 Å². The van der Waals surface area contributed by atoms with Crippen molar-refractivity contribution in [3.05, 3.63) is 120 Å². The number of benzene rings is 4. The summed E-state index contributed by atoms with van der Waals surface area (Å²) in [5.74, 6) is 0.359. The van der Waals surface area contributed by atoms with Crippen molar-refractivity contribution < 1.29 is 0 Å². The Hall–Kier alpha value is -3.12. The number of hydrogen-bond donors (Lipinski definition) is 0. The van der Waals surface area contributed by atoms with Gasteiger partial charge < -0.3 is 0 Å². The van der Waals surface area contributed by atoms with Gasteiger partial charge in [-0.25, -0.2) is 0 Å². The van der Waals surface area contributed by atoms with Crippen LogP contribution in [0.3, 0.4) is 0 Å². The van der Waals surface area contributed by atoms with Gasteiger partial charge in [-0.2, -0.15) is 0 Å². The van der Waals surface area contributed by atoms with Crippen LogP contribution in [-0.4, -0.2) is 0 Å². The van der Waals surface area contributed by atoms with E-state index in [2.05, 4.69) is 116 Å². The zero-order chi connectivity index (χ0) is 18.5. The Bertz CT molecular complexity index is 917. The lowest BCUT2D eigenvalue weighted by atomic mass is 9.81. The number of hydrogen-bond acceptors (Lipinski definition) is 0. The Morgan fingerprint density at radius 1 is 0.481 bits per heavy atom. The summed E-state index contributed by atoms with van der Waals surface area (Å²) in [4.78, 5) is 0. The molecule has 0 saturated carbocycles. The normalized spacial score (nSPS) is 10.9. The summed E-state index contributed by atoms with van der Waals surface area (Å²) in [6.45, 7) is 2.29. The van der Waals surface area contributed by atoms with Gasteiger partial charge in [-0.3, -0.25) is 0 Å².